The maximum absolute atomic E-state index is 5.61. The van der Waals surface area contributed by atoms with Gasteiger partial charge in [0.25, 0.3) is 0 Å². The van der Waals surface area contributed by atoms with Crippen LogP contribution in [0.2, 0.25) is 0 Å². The number of hydrogen-bond acceptors (Lipinski definition) is 2. The van der Waals surface area contributed by atoms with Crippen molar-refractivity contribution >= 4 is 15.9 Å². The standard InChI is InChI=1S/C14H21BrN2/c1-10(5-6-16)11-3-4-13(14(15)7-11)12-8-17(2)9-12/h3-4,7,10,12H,5-6,8-9,16H2,1-2H3. The van der Waals surface area contributed by atoms with E-state index in [1.165, 1.54) is 28.7 Å². The molecule has 1 aromatic rings. The van der Waals surface area contributed by atoms with Crippen LogP contribution in [-0.4, -0.2) is 31.6 Å². The van der Waals surface area contributed by atoms with Gasteiger partial charge >= 0.3 is 0 Å². The lowest BCUT2D eigenvalue weighted by Gasteiger charge is -2.37. The highest BCUT2D eigenvalue weighted by atomic mass is 79.9. The van der Waals surface area contributed by atoms with Gasteiger partial charge in [0.2, 0.25) is 0 Å². The average molecular weight is 297 g/mol. The Kier molecular flexibility index (Phi) is 4.23. The molecule has 0 spiro atoms. The maximum Gasteiger partial charge on any atom is 0.0213 e. The molecule has 0 aliphatic carbocycles. The van der Waals surface area contributed by atoms with Gasteiger partial charge in [-0.25, -0.2) is 0 Å². The Hall–Kier alpha value is -0.380. The van der Waals surface area contributed by atoms with Crippen molar-refractivity contribution in [1.29, 1.82) is 0 Å². The first kappa shape index (κ1) is 13.1. The average Bonchev–Trinajstić information content (AvgIpc) is 2.25. The molecule has 94 valence electrons. The van der Waals surface area contributed by atoms with Gasteiger partial charge in [0.1, 0.15) is 0 Å². The van der Waals surface area contributed by atoms with Crippen molar-refractivity contribution < 1.29 is 0 Å². The van der Waals surface area contributed by atoms with E-state index in [0.717, 1.165) is 13.0 Å². The molecule has 0 aromatic heterocycles. The second kappa shape index (κ2) is 5.51. The van der Waals surface area contributed by atoms with Gasteiger partial charge in [-0.05, 0) is 43.1 Å². The fourth-order valence-corrected chi connectivity index (χ4v) is 3.21. The second-order valence-corrected chi connectivity index (χ2v) is 6.03. The Morgan fingerprint density at radius 2 is 2.18 bits per heavy atom. The van der Waals surface area contributed by atoms with Crippen molar-refractivity contribution in [3.05, 3.63) is 33.8 Å². The van der Waals surface area contributed by atoms with E-state index in [4.69, 9.17) is 5.73 Å². The minimum Gasteiger partial charge on any atom is -0.330 e. The second-order valence-electron chi connectivity index (χ2n) is 5.18. The summed E-state index contributed by atoms with van der Waals surface area (Å²) in [7, 11) is 2.17. The molecule has 1 heterocycles. The van der Waals surface area contributed by atoms with Gasteiger partial charge in [-0.1, -0.05) is 35.0 Å². The van der Waals surface area contributed by atoms with Gasteiger partial charge in [-0.15, -0.1) is 0 Å². The van der Waals surface area contributed by atoms with Gasteiger partial charge in [0.15, 0.2) is 0 Å². The molecular formula is C14H21BrN2. The zero-order valence-electron chi connectivity index (χ0n) is 10.6. The third-order valence-corrected chi connectivity index (χ3v) is 4.38. The zero-order valence-corrected chi connectivity index (χ0v) is 12.2. The number of hydrogen-bond donors (Lipinski definition) is 1. The molecule has 3 heteroatoms. The number of nitrogens with zero attached hydrogens (tertiary/aromatic N) is 1. The monoisotopic (exact) mass is 296 g/mol. The van der Waals surface area contributed by atoms with E-state index >= 15 is 0 Å². The largest absolute Gasteiger partial charge is 0.330 e. The summed E-state index contributed by atoms with van der Waals surface area (Å²) in [4.78, 5) is 2.35. The van der Waals surface area contributed by atoms with E-state index in [2.05, 4.69) is 53.0 Å². The summed E-state index contributed by atoms with van der Waals surface area (Å²) in [6, 6.07) is 6.82. The summed E-state index contributed by atoms with van der Waals surface area (Å²) in [5.41, 5.74) is 8.45. The van der Waals surface area contributed by atoms with Gasteiger partial charge in [0, 0.05) is 23.5 Å². The summed E-state index contributed by atoms with van der Waals surface area (Å²) >= 11 is 3.71. The molecule has 1 fully saturated rings. The van der Waals surface area contributed by atoms with E-state index in [1.54, 1.807) is 0 Å². The van der Waals surface area contributed by atoms with E-state index < -0.39 is 0 Å². The first-order valence-electron chi connectivity index (χ1n) is 6.29. The summed E-state index contributed by atoms with van der Waals surface area (Å²) in [6.07, 6.45) is 1.05. The van der Waals surface area contributed by atoms with Gasteiger partial charge in [0.05, 0.1) is 0 Å². The van der Waals surface area contributed by atoms with Crippen molar-refractivity contribution in [3.8, 4) is 0 Å². The van der Waals surface area contributed by atoms with E-state index in [1.807, 2.05) is 0 Å². The molecule has 0 bridgehead atoms. The lowest BCUT2D eigenvalue weighted by molar-refractivity contribution is 0.189. The van der Waals surface area contributed by atoms with Crippen LogP contribution in [0, 0.1) is 0 Å². The highest BCUT2D eigenvalue weighted by Gasteiger charge is 2.26. The lowest BCUT2D eigenvalue weighted by Crippen LogP contribution is -2.41. The van der Waals surface area contributed by atoms with Crippen LogP contribution in [-0.2, 0) is 0 Å². The molecule has 1 unspecified atom stereocenters. The maximum atomic E-state index is 5.61. The van der Waals surface area contributed by atoms with Crippen LogP contribution in [0.15, 0.2) is 22.7 Å². The van der Waals surface area contributed by atoms with Crippen LogP contribution < -0.4 is 5.73 Å². The number of nitrogens with two attached hydrogens (primary N) is 1. The highest BCUT2D eigenvalue weighted by Crippen LogP contribution is 2.33. The first-order chi connectivity index (χ1) is 8.11. The predicted octanol–water partition coefficient (Wildman–Crippen LogP) is 2.93. The topological polar surface area (TPSA) is 29.3 Å². The highest BCUT2D eigenvalue weighted by molar-refractivity contribution is 9.10. The van der Waals surface area contributed by atoms with Crippen molar-refractivity contribution in [2.24, 2.45) is 5.73 Å². The van der Waals surface area contributed by atoms with Gasteiger partial charge in [-0.3, -0.25) is 0 Å². The van der Waals surface area contributed by atoms with Crippen LogP contribution in [0.4, 0.5) is 0 Å². The minimum absolute atomic E-state index is 0.550. The van der Waals surface area contributed by atoms with Crippen LogP contribution in [0.3, 0.4) is 0 Å². The SMILES string of the molecule is CC(CCN)c1ccc(C2CN(C)C2)c(Br)c1. The molecule has 1 saturated heterocycles. The third kappa shape index (κ3) is 2.90. The number of likely N-dealkylation sites (N-methyl/N-ethyl adjacent to an activating group) is 1. The fourth-order valence-electron chi connectivity index (χ4n) is 2.49. The Labute approximate surface area is 112 Å². The normalized spacial score (nSPS) is 19.1. The molecule has 17 heavy (non-hydrogen) atoms. The van der Waals surface area contributed by atoms with Crippen LogP contribution in [0.25, 0.3) is 0 Å². The smallest absolute Gasteiger partial charge is 0.0213 e. The molecular weight excluding hydrogens is 276 g/mol. The van der Waals surface area contributed by atoms with Crippen LogP contribution in [0.1, 0.15) is 36.3 Å². The van der Waals surface area contributed by atoms with Crippen LogP contribution in [0.5, 0.6) is 0 Å². The first-order valence-corrected chi connectivity index (χ1v) is 7.09. The molecule has 0 radical (unpaired) electrons. The Bertz CT molecular complexity index is 386. The number of benzene rings is 1. The zero-order chi connectivity index (χ0) is 12.4. The number of halogens is 1. The lowest BCUT2D eigenvalue weighted by atomic mass is 9.89. The van der Waals surface area contributed by atoms with E-state index in [9.17, 15) is 0 Å². The molecule has 1 aliphatic rings. The summed E-state index contributed by atoms with van der Waals surface area (Å²) in [5.74, 6) is 1.25. The summed E-state index contributed by atoms with van der Waals surface area (Å²) < 4.78 is 1.26. The molecule has 1 aromatic carbocycles. The minimum atomic E-state index is 0.550. The Morgan fingerprint density at radius 3 is 2.71 bits per heavy atom. The molecule has 2 nitrogen and oxygen atoms in total. The van der Waals surface area contributed by atoms with Crippen molar-refractivity contribution in [1.82, 2.24) is 4.90 Å². The quantitative estimate of drug-likeness (QED) is 0.926. The Balaban J connectivity index is 2.11. The van der Waals surface area contributed by atoms with Gasteiger partial charge in [-0.2, -0.15) is 0 Å². The fraction of sp³-hybridized carbons (Fsp3) is 0.571. The van der Waals surface area contributed by atoms with E-state index in [0.29, 0.717) is 11.8 Å². The summed E-state index contributed by atoms with van der Waals surface area (Å²) in [6.45, 7) is 5.35. The molecule has 1 aliphatic heterocycles. The third-order valence-electron chi connectivity index (χ3n) is 3.70. The summed E-state index contributed by atoms with van der Waals surface area (Å²) in [5, 5.41) is 0. The van der Waals surface area contributed by atoms with Crippen molar-refractivity contribution in [3.63, 3.8) is 0 Å². The van der Waals surface area contributed by atoms with Gasteiger partial charge < -0.3 is 10.6 Å². The van der Waals surface area contributed by atoms with Crippen molar-refractivity contribution in [2.45, 2.75) is 25.2 Å². The molecule has 0 amide bonds. The number of rotatable bonds is 4. The predicted molar refractivity (Wildman–Crippen MR) is 76.5 cm³/mol. The van der Waals surface area contributed by atoms with Crippen LogP contribution >= 0.6 is 15.9 Å². The molecule has 2 N–H and O–H groups in total. The Morgan fingerprint density at radius 1 is 1.47 bits per heavy atom. The molecule has 1 atom stereocenters. The number of likely N-dealkylation sites (tertiary alicyclic amines) is 1. The molecule has 0 saturated carbocycles. The molecule has 2 rings (SSSR count). The van der Waals surface area contributed by atoms with Crippen molar-refractivity contribution in [2.75, 3.05) is 26.7 Å². The van der Waals surface area contributed by atoms with E-state index in [-0.39, 0.29) is 0 Å².